The van der Waals surface area contributed by atoms with E-state index in [2.05, 4.69) is 0 Å². The molecule has 4 heteroatoms. The molecule has 0 saturated heterocycles. The molecule has 0 heterocycles. The molecule has 0 aromatic heterocycles. The van der Waals surface area contributed by atoms with Gasteiger partial charge in [0.2, 0.25) is 0 Å². The summed E-state index contributed by atoms with van der Waals surface area (Å²) < 4.78 is 15.2. The van der Waals surface area contributed by atoms with Gasteiger partial charge in [-0.05, 0) is 0 Å². The fourth-order valence-electron chi connectivity index (χ4n) is 0. The van der Waals surface area contributed by atoms with E-state index >= 15 is 0 Å². The number of halogens is 1. The van der Waals surface area contributed by atoms with Crippen LogP contribution in [0, 0.1) is 11.3 Å². The SMILES string of the molecule is [Ba].[O-][Cl+]O. The third kappa shape index (κ3) is 9.22. The average molecular weight is 206 g/mol. The van der Waals surface area contributed by atoms with Crippen LogP contribution in [-0.4, -0.2) is 53.5 Å². The quantitative estimate of drug-likeness (QED) is 0.460. The molecule has 1 N–H and O–H groups in total. The van der Waals surface area contributed by atoms with E-state index in [0.29, 0.717) is 0 Å². The number of hydrogen-bond donors (Lipinski definition) is 1. The van der Waals surface area contributed by atoms with Gasteiger partial charge in [0.15, 0.2) is 0 Å². The molecular weight excluding hydrogens is 205 g/mol. The first-order chi connectivity index (χ1) is 1.41. The third-order valence-corrected chi connectivity index (χ3v) is 0. The van der Waals surface area contributed by atoms with Crippen molar-refractivity contribution >= 4 is 48.9 Å². The fourth-order valence-corrected chi connectivity index (χ4v) is 0. The molecule has 0 atom stereocenters. The molecule has 0 aliphatic heterocycles. The maximum Gasteiger partial charge on any atom is 0.327 e. The third-order valence-electron chi connectivity index (χ3n) is 0. The van der Waals surface area contributed by atoms with Gasteiger partial charge in [-0.3, -0.25) is 0 Å². The second-order valence-electron chi connectivity index (χ2n) is 0.0690. The van der Waals surface area contributed by atoms with E-state index in [1.165, 1.54) is 0 Å². The molecule has 0 aliphatic rings. The Morgan fingerprint density at radius 2 is 1.75 bits per heavy atom. The van der Waals surface area contributed by atoms with E-state index < -0.39 is 0 Å². The van der Waals surface area contributed by atoms with Gasteiger partial charge >= 0.3 is 11.3 Å². The summed E-state index contributed by atoms with van der Waals surface area (Å²) in [5, 5.41) is 0. The van der Waals surface area contributed by atoms with Crippen molar-refractivity contribution in [1.82, 2.24) is 0 Å². The van der Waals surface area contributed by atoms with Crippen LogP contribution in [0.15, 0.2) is 0 Å². The summed E-state index contributed by atoms with van der Waals surface area (Å²) in [5.41, 5.74) is 0. The Morgan fingerprint density at radius 3 is 1.75 bits per heavy atom. The van der Waals surface area contributed by atoms with Gasteiger partial charge in [-0.25, -0.2) is 0 Å². The molecule has 0 bridgehead atoms. The molecular formula is HBaClO2. The summed E-state index contributed by atoms with van der Waals surface area (Å²) >= 11 is -0.167. The summed E-state index contributed by atoms with van der Waals surface area (Å²) in [6.07, 6.45) is 0. The molecule has 0 saturated carbocycles. The van der Waals surface area contributed by atoms with Crippen LogP contribution in [0.3, 0.4) is 0 Å². The van der Waals surface area contributed by atoms with Gasteiger partial charge in [0.1, 0.15) is 0 Å². The van der Waals surface area contributed by atoms with Crippen LogP contribution in [0.5, 0.6) is 0 Å². The summed E-state index contributed by atoms with van der Waals surface area (Å²) in [6.45, 7) is 0. The van der Waals surface area contributed by atoms with Crippen LogP contribution in [0.25, 0.3) is 0 Å². The van der Waals surface area contributed by atoms with Gasteiger partial charge in [-0.1, -0.05) is 0 Å². The Balaban J connectivity index is 0. The first-order valence-electron chi connectivity index (χ1n) is 0.323. The van der Waals surface area contributed by atoms with E-state index in [4.69, 9.17) is 9.32 Å². The molecule has 0 amide bonds. The van der Waals surface area contributed by atoms with Crippen molar-refractivity contribution in [2.45, 2.75) is 0 Å². The minimum atomic E-state index is -0.167. The average Bonchev–Trinajstić information content (AvgIpc) is 0.918. The maximum absolute atomic E-state index is 8.35. The van der Waals surface area contributed by atoms with Crippen molar-refractivity contribution in [2.75, 3.05) is 0 Å². The van der Waals surface area contributed by atoms with Gasteiger partial charge in [0.05, 0.1) is 0 Å². The fraction of sp³-hybridized carbons (Fsp3) is 0. The molecule has 2 nitrogen and oxygen atoms in total. The van der Waals surface area contributed by atoms with Gasteiger partial charge < -0.3 is 4.66 Å². The first-order valence-corrected chi connectivity index (χ1v) is 0.970. The predicted octanol–water partition coefficient (Wildman–Crippen LogP) is -2.13. The van der Waals surface area contributed by atoms with Crippen molar-refractivity contribution in [2.24, 2.45) is 0 Å². The van der Waals surface area contributed by atoms with Crippen LogP contribution < -0.4 is 4.66 Å². The van der Waals surface area contributed by atoms with Crippen molar-refractivity contribution in [3.63, 3.8) is 0 Å². The van der Waals surface area contributed by atoms with E-state index in [-0.39, 0.29) is 60.2 Å². The van der Waals surface area contributed by atoms with Gasteiger partial charge in [0.25, 0.3) is 0 Å². The molecule has 4 heavy (non-hydrogen) atoms. The minimum Gasteiger partial charge on any atom is -0.506 e. The Hall–Kier alpha value is 1.78. The molecule has 22 valence electrons. The molecule has 0 rings (SSSR count). The Labute approximate surface area is 68.3 Å². The molecule has 0 aromatic carbocycles. The van der Waals surface area contributed by atoms with Crippen LogP contribution in [-0.2, 0) is 0 Å². The number of hydrogen-bond acceptors (Lipinski definition) is 2. The van der Waals surface area contributed by atoms with E-state index in [1.807, 2.05) is 0 Å². The van der Waals surface area contributed by atoms with Crippen molar-refractivity contribution in [3.8, 4) is 0 Å². The van der Waals surface area contributed by atoms with Crippen LogP contribution in [0.2, 0.25) is 0 Å². The van der Waals surface area contributed by atoms with E-state index in [9.17, 15) is 0 Å². The summed E-state index contributed by atoms with van der Waals surface area (Å²) in [7, 11) is 0. The van der Waals surface area contributed by atoms with Crippen LogP contribution in [0.4, 0.5) is 0 Å². The van der Waals surface area contributed by atoms with Crippen molar-refractivity contribution in [3.05, 3.63) is 0 Å². The van der Waals surface area contributed by atoms with E-state index in [0.717, 1.165) is 0 Å². The minimum absolute atomic E-state index is 0. The Bertz CT molecular complexity index is 6.00. The van der Waals surface area contributed by atoms with E-state index in [1.54, 1.807) is 0 Å². The summed E-state index contributed by atoms with van der Waals surface area (Å²) in [4.78, 5) is 0. The second kappa shape index (κ2) is 8.84. The van der Waals surface area contributed by atoms with Crippen LogP contribution >= 0.6 is 0 Å². The van der Waals surface area contributed by atoms with Crippen LogP contribution in [0.1, 0.15) is 0 Å². The molecule has 0 aliphatic carbocycles. The Kier molecular flexibility index (Phi) is 20.4. The van der Waals surface area contributed by atoms with Crippen molar-refractivity contribution < 1.29 is 20.6 Å². The molecule has 0 aromatic rings. The monoisotopic (exact) mass is 206 g/mol. The predicted molar refractivity (Wildman–Crippen MR) is 7.97 cm³/mol. The molecule has 2 radical (unpaired) electrons. The zero-order valence-electron chi connectivity index (χ0n) is 1.94. The summed E-state index contributed by atoms with van der Waals surface area (Å²) in [5.74, 6) is 0. The topological polar surface area (TPSA) is 43.3 Å². The largest absolute Gasteiger partial charge is 0.506 e. The normalized spacial score (nSPS) is 4.50. The zero-order valence-corrected chi connectivity index (χ0v) is 7.14. The van der Waals surface area contributed by atoms with Gasteiger partial charge in [-0.2, -0.15) is 0 Å². The van der Waals surface area contributed by atoms with Gasteiger partial charge in [-0.15, -0.1) is 4.66 Å². The smallest absolute Gasteiger partial charge is 0.327 e. The zero-order chi connectivity index (χ0) is 2.71. The van der Waals surface area contributed by atoms with Gasteiger partial charge in [0, 0.05) is 48.9 Å². The van der Waals surface area contributed by atoms with Crippen molar-refractivity contribution in [1.29, 1.82) is 0 Å². The Morgan fingerprint density at radius 1 is 1.75 bits per heavy atom. The molecule has 0 spiro atoms. The first kappa shape index (κ1) is 9.24. The maximum atomic E-state index is 8.35. The molecule has 0 fully saturated rings. The number of rotatable bonds is 0. The standard InChI is InChI=1S/Ba.ClHO2/c;2-1-3/h;2H. The summed E-state index contributed by atoms with van der Waals surface area (Å²) in [6, 6.07) is 0. The molecule has 0 unspecified atom stereocenters. The second-order valence-corrected chi connectivity index (χ2v) is 0.207.